The van der Waals surface area contributed by atoms with E-state index in [-0.39, 0.29) is 12.5 Å². The lowest BCUT2D eigenvalue weighted by Crippen LogP contribution is -2.66. The normalized spacial score (nSPS) is 36.1. The molecule has 2 heterocycles. The highest BCUT2D eigenvalue weighted by Gasteiger charge is 2.49. The van der Waals surface area contributed by atoms with Crippen LogP contribution in [0.25, 0.3) is 0 Å². The van der Waals surface area contributed by atoms with Gasteiger partial charge in [0.25, 0.3) is 0 Å². The summed E-state index contributed by atoms with van der Waals surface area (Å²) in [5.41, 5.74) is 4.01. The number of aliphatic hydroxyl groups excluding tert-OH is 3. The maximum absolute atomic E-state index is 12.2. The molecule has 10 nitrogen and oxygen atoms in total. The van der Waals surface area contributed by atoms with Gasteiger partial charge in [-0.3, -0.25) is 10.6 Å². The van der Waals surface area contributed by atoms with Crippen LogP contribution in [0.3, 0.4) is 0 Å². The van der Waals surface area contributed by atoms with Crippen molar-refractivity contribution in [1.29, 1.82) is 0 Å². The minimum absolute atomic E-state index is 0.108. The van der Waals surface area contributed by atoms with Gasteiger partial charge < -0.3 is 30.1 Å². The first-order valence-corrected chi connectivity index (χ1v) is 7.58. The molecule has 0 bridgehead atoms. The van der Waals surface area contributed by atoms with Crippen LogP contribution >= 0.6 is 0 Å². The second-order valence-electron chi connectivity index (χ2n) is 6.24. The molecule has 1 fully saturated rings. The van der Waals surface area contributed by atoms with E-state index in [1.165, 1.54) is 12.3 Å². The fraction of sp³-hybridized carbons (Fsp3) is 0.714. The molecule has 1 saturated heterocycles. The molecule has 5 atom stereocenters. The molecule has 10 heteroatoms. The number of amides is 2. The molecule has 0 aromatic heterocycles. The molecule has 1 unspecified atom stereocenters. The van der Waals surface area contributed by atoms with E-state index >= 15 is 0 Å². The summed E-state index contributed by atoms with van der Waals surface area (Å²) >= 11 is 0. The van der Waals surface area contributed by atoms with Crippen molar-refractivity contribution < 1.29 is 34.4 Å². The van der Waals surface area contributed by atoms with Crippen LogP contribution in [0.1, 0.15) is 13.8 Å². The van der Waals surface area contributed by atoms with Crippen molar-refractivity contribution in [2.24, 2.45) is 11.7 Å². The highest BCUT2D eigenvalue weighted by Crippen LogP contribution is 2.26. The van der Waals surface area contributed by atoms with E-state index in [2.05, 4.69) is 5.32 Å². The Balaban J connectivity index is 2.10. The van der Waals surface area contributed by atoms with Gasteiger partial charge in [-0.15, -0.1) is 0 Å². The van der Waals surface area contributed by atoms with Crippen LogP contribution in [0.2, 0.25) is 0 Å². The predicted octanol–water partition coefficient (Wildman–Crippen LogP) is -2.18. The number of carbonyl (C=O) groups is 2. The molecule has 0 aromatic rings. The number of aliphatic hydroxyl groups is 3. The lowest BCUT2D eigenvalue weighted by atomic mass is 10.1. The van der Waals surface area contributed by atoms with E-state index in [1.54, 1.807) is 0 Å². The van der Waals surface area contributed by atoms with Crippen molar-refractivity contribution in [2.45, 2.75) is 44.1 Å². The van der Waals surface area contributed by atoms with Crippen molar-refractivity contribution in [2.75, 3.05) is 13.2 Å². The highest BCUT2D eigenvalue weighted by molar-refractivity contribution is 5.90. The van der Waals surface area contributed by atoms with Gasteiger partial charge in [0.2, 0.25) is 5.66 Å². The van der Waals surface area contributed by atoms with E-state index in [1.807, 2.05) is 13.8 Å². The Hall–Kier alpha value is -1.72. The SMILES string of the molecule is CC(C)COC(=O)C1(N)C=CN([C@@H]2O[C@H](CO)[C@@H](O)[C@H]2O)C(=O)N1. The monoisotopic (exact) mass is 345 g/mol. The lowest BCUT2D eigenvalue weighted by molar-refractivity contribution is -0.150. The molecular weight excluding hydrogens is 322 g/mol. The summed E-state index contributed by atoms with van der Waals surface area (Å²) in [5.74, 6) is -0.710. The van der Waals surface area contributed by atoms with Crippen LogP contribution in [-0.4, -0.2) is 75.6 Å². The summed E-state index contributed by atoms with van der Waals surface area (Å²) in [6.07, 6.45) is -2.63. The van der Waals surface area contributed by atoms with E-state index < -0.39 is 48.8 Å². The average Bonchev–Trinajstić information content (AvgIpc) is 2.80. The van der Waals surface area contributed by atoms with E-state index in [4.69, 9.17) is 20.3 Å². The van der Waals surface area contributed by atoms with Crippen LogP contribution in [0.15, 0.2) is 12.3 Å². The number of urea groups is 1. The first kappa shape index (κ1) is 18.6. The molecule has 2 rings (SSSR count). The fourth-order valence-corrected chi connectivity index (χ4v) is 2.34. The molecule has 0 aromatic carbocycles. The Bertz CT molecular complexity index is 526. The Kier molecular flexibility index (Phi) is 5.45. The average molecular weight is 345 g/mol. The zero-order valence-electron chi connectivity index (χ0n) is 13.5. The summed E-state index contributed by atoms with van der Waals surface area (Å²) in [6, 6.07) is -0.809. The van der Waals surface area contributed by atoms with Crippen LogP contribution in [0, 0.1) is 5.92 Å². The summed E-state index contributed by atoms with van der Waals surface area (Å²) < 4.78 is 10.3. The Morgan fingerprint density at radius 3 is 2.67 bits per heavy atom. The number of ether oxygens (including phenoxy) is 2. The first-order chi connectivity index (χ1) is 11.2. The van der Waals surface area contributed by atoms with E-state index in [9.17, 15) is 19.8 Å². The highest BCUT2D eigenvalue weighted by atomic mass is 16.6. The quantitative estimate of drug-likeness (QED) is 0.352. The van der Waals surface area contributed by atoms with Crippen LogP contribution in [-0.2, 0) is 14.3 Å². The molecule has 0 saturated carbocycles. The number of nitrogens with zero attached hydrogens (tertiary/aromatic N) is 1. The van der Waals surface area contributed by atoms with E-state index in [0.29, 0.717) is 0 Å². The third kappa shape index (κ3) is 3.52. The standard InChI is InChI=1S/C14H23N3O7/c1-7(2)6-23-12(21)14(15)3-4-17(13(22)16-14)11-10(20)9(19)8(5-18)24-11/h3-4,7-11,18-20H,5-6,15H2,1-2H3,(H,16,22)/t8-,9-,10-,11-,14?/m1/s1. The zero-order valence-corrected chi connectivity index (χ0v) is 13.5. The Morgan fingerprint density at radius 2 is 2.17 bits per heavy atom. The van der Waals surface area contributed by atoms with E-state index in [0.717, 1.165) is 4.90 Å². The van der Waals surface area contributed by atoms with Crippen molar-refractivity contribution in [3.63, 3.8) is 0 Å². The third-order valence-electron chi connectivity index (χ3n) is 3.72. The van der Waals surface area contributed by atoms with Gasteiger partial charge in [0.1, 0.15) is 18.3 Å². The molecule has 24 heavy (non-hydrogen) atoms. The number of nitrogens with two attached hydrogens (primary N) is 1. The van der Waals surface area contributed by atoms with Crippen molar-refractivity contribution in [3.8, 4) is 0 Å². The van der Waals surface area contributed by atoms with Crippen LogP contribution < -0.4 is 11.1 Å². The molecule has 0 spiro atoms. The summed E-state index contributed by atoms with van der Waals surface area (Å²) in [4.78, 5) is 25.2. The van der Waals surface area contributed by atoms with Crippen molar-refractivity contribution in [1.82, 2.24) is 10.2 Å². The number of nitrogens with one attached hydrogen (secondary N) is 1. The van der Waals surface area contributed by atoms with Gasteiger partial charge in [0, 0.05) is 6.20 Å². The largest absolute Gasteiger partial charge is 0.462 e. The second kappa shape index (κ2) is 7.03. The number of hydrogen-bond acceptors (Lipinski definition) is 8. The number of esters is 1. The topological polar surface area (TPSA) is 155 Å². The first-order valence-electron chi connectivity index (χ1n) is 7.58. The summed E-state index contributed by atoms with van der Waals surface area (Å²) in [6.45, 7) is 3.35. The van der Waals surface area contributed by atoms with Gasteiger partial charge in [-0.25, -0.2) is 9.59 Å². The molecule has 0 radical (unpaired) electrons. The molecular formula is C14H23N3O7. The van der Waals surface area contributed by atoms with Crippen molar-refractivity contribution >= 4 is 12.0 Å². The number of carbonyl (C=O) groups excluding carboxylic acids is 2. The van der Waals surface area contributed by atoms with Gasteiger partial charge in [0.05, 0.1) is 13.2 Å². The minimum Gasteiger partial charge on any atom is -0.462 e. The summed E-state index contributed by atoms with van der Waals surface area (Å²) in [5, 5.41) is 31.1. The molecule has 2 aliphatic heterocycles. The summed E-state index contributed by atoms with van der Waals surface area (Å²) in [7, 11) is 0. The van der Waals surface area contributed by atoms with Gasteiger partial charge in [-0.05, 0) is 12.0 Å². The van der Waals surface area contributed by atoms with Gasteiger partial charge in [-0.1, -0.05) is 13.8 Å². The third-order valence-corrected chi connectivity index (χ3v) is 3.72. The number of hydrogen-bond donors (Lipinski definition) is 5. The smallest absolute Gasteiger partial charge is 0.351 e. The van der Waals surface area contributed by atoms with Gasteiger partial charge in [-0.2, -0.15) is 0 Å². The molecule has 6 N–H and O–H groups in total. The van der Waals surface area contributed by atoms with Gasteiger partial charge in [0.15, 0.2) is 6.23 Å². The minimum atomic E-state index is -1.83. The Morgan fingerprint density at radius 1 is 1.50 bits per heavy atom. The number of rotatable bonds is 5. The molecule has 136 valence electrons. The second-order valence-corrected chi connectivity index (χ2v) is 6.24. The maximum Gasteiger partial charge on any atom is 0.351 e. The maximum atomic E-state index is 12.2. The zero-order chi connectivity index (χ0) is 18.1. The molecule has 2 aliphatic rings. The molecule has 0 aliphatic carbocycles. The van der Waals surface area contributed by atoms with Crippen LogP contribution in [0.4, 0.5) is 4.79 Å². The van der Waals surface area contributed by atoms with Gasteiger partial charge >= 0.3 is 12.0 Å². The van der Waals surface area contributed by atoms with Crippen molar-refractivity contribution in [3.05, 3.63) is 12.3 Å². The fourth-order valence-electron chi connectivity index (χ4n) is 2.34. The Labute approximate surface area is 138 Å². The lowest BCUT2D eigenvalue weighted by Gasteiger charge is -2.36. The predicted molar refractivity (Wildman–Crippen MR) is 80.0 cm³/mol. The molecule has 2 amide bonds. The van der Waals surface area contributed by atoms with Crippen LogP contribution in [0.5, 0.6) is 0 Å².